The Labute approximate surface area is 205 Å². The van der Waals surface area contributed by atoms with Crippen LogP contribution in [0.15, 0.2) is 48.7 Å². The molecule has 0 saturated heterocycles. The number of amides is 1. The second-order valence-corrected chi connectivity index (χ2v) is 9.40. The van der Waals surface area contributed by atoms with Crippen molar-refractivity contribution < 1.29 is 9.53 Å². The lowest BCUT2D eigenvalue weighted by Crippen LogP contribution is -2.40. The number of aryl methyl sites for hydroxylation is 2. The zero-order valence-corrected chi connectivity index (χ0v) is 20.6. The van der Waals surface area contributed by atoms with Crippen molar-refractivity contribution in [3.05, 3.63) is 60.0 Å². The van der Waals surface area contributed by atoms with Gasteiger partial charge in [0.05, 0.1) is 11.2 Å². The molecule has 1 aliphatic heterocycles. The van der Waals surface area contributed by atoms with Crippen LogP contribution < -0.4 is 10.1 Å². The minimum absolute atomic E-state index is 0.0271. The van der Waals surface area contributed by atoms with E-state index in [1.54, 1.807) is 6.20 Å². The van der Waals surface area contributed by atoms with Crippen molar-refractivity contribution in [2.24, 2.45) is 0 Å². The van der Waals surface area contributed by atoms with Crippen molar-refractivity contribution in [2.45, 2.75) is 39.3 Å². The summed E-state index contributed by atoms with van der Waals surface area (Å²) >= 11 is 0. The average molecular weight is 471 g/mol. The molecule has 180 valence electrons. The maximum absolute atomic E-state index is 12.4. The summed E-state index contributed by atoms with van der Waals surface area (Å²) in [5.74, 6) is 0.456. The average Bonchev–Trinajstić information content (AvgIpc) is 3.39. The van der Waals surface area contributed by atoms with E-state index in [1.165, 1.54) is 5.69 Å². The Bertz CT molecular complexity index is 1390. The summed E-state index contributed by atoms with van der Waals surface area (Å²) in [6.45, 7) is 5.58. The van der Waals surface area contributed by atoms with E-state index in [2.05, 4.69) is 15.0 Å². The van der Waals surface area contributed by atoms with Gasteiger partial charge in [-0.05, 0) is 76.7 Å². The number of likely N-dealkylation sites (N-methyl/N-ethyl adjacent to an activating group) is 1. The van der Waals surface area contributed by atoms with E-state index in [0.717, 1.165) is 65.0 Å². The van der Waals surface area contributed by atoms with Crippen LogP contribution in [0.1, 0.15) is 24.7 Å². The minimum atomic E-state index is -0.475. The van der Waals surface area contributed by atoms with Gasteiger partial charge < -0.3 is 15.0 Å². The summed E-state index contributed by atoms with van der Waals surface area (Å²) < 4.78 is 7.66. The Balaban J connectivity index is 1.51. The first kappa shape index (κ1) is 23.0. The van der Waals surface area contributed by atoms with Gasteiger partial charge in [-0.1, -0.05) is 6.07 Å². The lowest BCUT2D eigenvalue weighted by molar-refractivity contribution is 0.194. The van der Waals surface area contributed by atoms with Crippen LogP contribution in [-0.2, 0) is 13.0 Å². The number of carbonyl (C=O) groups is 1. The number of hydrogen-bond donors (Lipinski definition) is 1. The fourth-order valence-corrected chi connectivity index (χ4v) is 4.81. The number of nitrogens with zero attached hydrogens (tertiary/aromatic N) is 5. The molecule has 1 aliphatic rings. The standard InChI is InChI=1S/C27H30N6O2/c1-17-7-5-8-22(29-17)26-25(24-9-6-14-33(24)31-26)21-12-13-28-23-15-19(10-11-20(21)23)35-27(34)30-18(2)16-32(3)4/h5,7-8,10-13,15,18H,6,9,14,16H2,1-4H3,(H,30,34). The number of pyridine rings is 2. The van der Waals surface area contributed by atoms with Gasteiger partial charge in [0.15, 0.2) is 0 Å². The zero-order valence-electron chi connectivity index (χ0n) is 20.6. The maximum atomic E-state index is 12.4. The summed E-state index contributed by atoms with van der Waals surface area (Å²) in [5, 5.41) is 8.79. The van der Waals surface area contributed by atoms with Gasteiger partial charge in [0.25, 0.3) is 0 Å². The van der Waals surface area contributed by atoms with Crippen LogP contribution in [0, 0.1) is 6.92 Å². The number of ether oxygens (including phenoxy) is 1. The number of carbonyl (C=O) groups excluding carboxylic acids is 1. The molecule has 35 heavy (non-hydrogen) atoms. The number of rotatable bonds is 6. The number of hydrogen-bond acceptors (Lipinski definition) is 6. The van der Waals surface area contributed by atoms with E-state index < -0.39 is 6.09 Å². The van der Waals surface area contributed by atoms with Crippen LogP contribution >= 0.6 is 0 Å². The van der Waals surface area contributed by atoms with E-state index in [0.29, 0.717) is 5.75 Å². The van der Waals surface area contributed by atoms with Crippen LogP contribution in [0.25, 0.3) is 33.4 Å². The molecule has 1 amide bonds. The van der Waals surface area contributed by atoms with E-state index >= 15 is 0 Å². The Hall–Kier alpha value is -3.78. The fraction of sp³-hybridized carbons (Fsp3) is 0.333. The molecular formula is C27H30N6O2. The second-order valence-electron chi connectivity index (χ2n) is 9.40. The lowest BCUT2D eigenvalue weighted by Gasteiger charge is -2.18. The highest BCUT2D eigenvalue weighted by Gasteiger charge is 2.25. The molecule has 0 aliphatic carbocycles. The highest BCUT2D eigenvalue weighted by molar-refractivity contribution is 5.99. The predicted molar refractivity (Wildman–Crippen MR) is 136 cm³/mol. The number of benzene rings is 1. The number of fused-ring (bicyclic) bond motifs is 2. The SMILES string of the molecule is Cc1cccc(-c2nn3c(c2-c2ccnc4cc(OC(=O)NC(C)CN(C)C)ccc24)CCC3)n1. The summed E-state index contributed by atoms with van der Waals surface area (Å²) in [6, 6.07) is 13.6. The molecule has 4 aromatic rings. The van der Waals surface area contributed by atoms with Crippen molar-refractivity contribution in [3.63, 3.8) is 0 Å². The third-order valence-corrected chi connectivity index (χ3v) is 6.17. The van der Waals surface area contributed by atoms with Gasteiger partial charge in [-0.2, -0.15) is 5.10 Å². The fourth-order valence-electron chi connectivity index (χ4n) is 4.81. The monoisotopic (exact) mass is 470 g/mol. The molecule has 0 fully saturated rings. The van der Waals surface area contributed by atoms with Crippen LogP contribution in [0.3, 0.4) is 0 Å². The van der Waals surface area contributed by atoms with E-state index in [4.69, 9.17) is 14.8 Å². The minimum Gasteiger partial charge on any atom is -0.410 e. The maximum Gasteiger partial charge on any atom is 0.412 e. The molecule has 0 spiro atoms. The summed E-state index contributed by atoms with van der Waals surface area (Å²) in [6.07, 6.45) is 3.38. The molecule has 5 rings (SSSR count). The van der Waals surface area contributed by atoms with Crippen molar-refractivity contribution in [1.82, 2.24) is 30.0 Å². The Morgan fingerprint density at radius 3 is 2.89 bits per heavy atom. The highest BCUT2D eigenvalue weighted by Crippen LogP contribution is 2.40. The van der Waals surface area contributed by atoms with Gasteiger partial charge in [-0.15, -0.1) is 0 Å². The molecule has 3 aromatic heterocycles. The molecule has 0 bridgehead atoms. The first-order valence-corrected chi connectivity index (χ1v) is 11.9. The summed E-state index contributed by atoms with van der Waals surface area (Å²) in [5.41, 5.74) is 6.88. The molecule has 0 radical (unpaired) electrons. The third-order valence-electron chi connectivity index (χ3n) is 6.17. The van der Waals surface area contributed by atoms with E-state index in [-0.39, 0.29) is 6.04 Å². The number of aromatic nitrogens is 4. The van der Waals surface area contributed by atoms with Crippen molar-refractivity contribution in [1.29, 1.82) is 0 Å². The van der Waals surface area contributed by atoms with Crippen molar-refractivity contribution >= 4 is 17.0 Å². The summed E-state index contributed by atoms with van der Waals surface area (Å²) in [7, 11) is 3.93. The van der Waals surface area contributed by atoms with Crippen molar-refractivity contribution in [2.75, 3.05) is 20.6 Å². The smallest absolute Gasteiger partial charge is 0.410 e. The normalized spacial score (nSPS) is 13.7. The molecule has 1 aromatic carbocycles. The first-order valence-electron chi connectivity index (χ1n) is 11.9. The highest BCUT2D eigenvalue weighted by atomic mass is 16.6. The number of nitrogens with one attached hydrogen (secondary N) is 1. The first-order chi connectivity index (χ1) is 16.9. The lowest BCUT2D eigenvalue weighted by atomic mass is 9.96. The molecule has 8 nitrogen and oxygen atoms in total. The summed E-state index contributed by atoms with van der Waals surface area (Å²) in [4.78, 5) is 23.7. The quantitative estimate of drug-likeness (QED) is 0.448. The second kappa shape index (κ2) is 9.46. The topological polar surface area (TPSA) is 85.2 Å². The molecular weight excluding hydrogens is 440 g/mol. The van der Waals surface area contributed by atoms with Crippen LogP contribution in [0.4, 0.5) is 4.79 Å². The molecule has 0 saturated carbocycles. The molecule has 1 N–H and O–H groups in total. The Kier molecular flexibility index (Phi) is 6.21. The molecule has 1 atom stereocenters. The van der Waals surface area contributed by atoms with Crippen LogP contribution in [0.5, 0.6) is 5.75 Å². The van der Waals surface area contributed by atoms with Gasteiger partial charge in [-0.3, -0.25) is 14.6 Å². The van der Waals surface area contributed by atoms with Crippen LogP contribution in [0.2, 0.25) is 0 Å². The predicted octanol–water partition coefficient (Wildman–Crippen LogP) is 4.45. The molecule has 8 heteroatoms. The van der Waals surface area contributed by atoms with Crippen molar-refractivity contribution in [3.8, 4) is 28.3 Å². The van der Waals surface area contributed by atoms with E-state index in [1.807, 2.05) is 75.3 Å². The van der Waals surface area contributed by atoms with Gasteiger partial charge in [0.1, 0.15) is 11.4 Å². The Morgan fingerprint density at radius 1 is 1.23 bits per heavy atom. The van der Waals surface area contributed by atoms with Gasteiger partial charge >= 0.3 is 6.09 Å². The van der Waals surface area contributed by atoms with Crippen LogP contribution in [-0.4, -0.2) is 57.4 Å². The van der Waals surface area contributed by atoms with Gasteiger partial charge in [-0.25, -0.2) is 4.79 Å². The molecule has 1 unspecified atom stereocenters. The molecule has 4 heterocycles. The largest absolute Gasteiger partial charge is 0.412 e. The Morgan fingerprint density at radius 2 is 2.09 bits per heavy atom. The van der Waals surface area contributed by atoms with E-state index in [9.17, 15) is 4.79 Å². The van der Waals surface area contributed by atoms with Gasteiger partial charge in [0, 0.05) is 53.7 Å². The van der Waals surface area contributed by atoms with Gasteiger partial charge in [0.2, 0.25) is 0 Å². The zero-order chi connectivity index (χ0) is 24.5. The third kappa shape index (κ3) is 4.74.